The van der Waals surface area contributed by atoms with Crippen LogP contribution in [-0.4, -0.2) is 13.7 Å². The van der Waals surface area contributed by atoms with Gasteiger partial charge in [0.2, 0.25) is 0 Å². The molecule has 2 heteroatoms. The SMILES string of the molecule is CCCC(C)C(Br)c1ccc(CCOC)cc1. The summed E-state index contributed by atoms with van der Waals surface area (Å²) in [6.45, 7) is 5.34. The Morgan fingerprint density at radius 3 is 2.41 bits per heavy atom. The van der Waals surface area contributed by atoms with Crippen LogP contribution in [0, 0.1) is 5.92 Å². The van der Waals surface area contributed by atoms with Gasteiger partial charge in [-0.25, -0.2) is 0 Å². The molecule has 0 N–H and O–H groups in total. The molecular formula is C15H23BrO. The number of rotatable bonds is 7. The van der Waals surface area contributed by atoms with Crippen LogP contribution in [0.25, 0.3) is 0 Å². The van der Waals surface area contributed by atoms with Crippen LogP contribution in [-0.2, 0) is 11.2 Å². The van der Waals surface area contributed by atoms with Crippen LogP contribution in [0.1, 0.15) is 42.6 Å². The van der Waals surface area contributed by atoms with Gasteiger partial charge in [-0.1, -0.05) is 60.5 Å². The Morgan fingerprint density at radius 2 is 1.88 bits per heavy atom. The minimum absolute atomic E-state index is 0.471. The number of benzene rings is 1. The highest BCUT2D eigenvalue weighted by molar-refractivity contribution is 9.09. The van der Waals surface area contributed by atoms with Crippen LogP contribution < -0.4 is 0 Å². The van der Waals surface area contributed by atoms with Gasteiger partial charge < -0.3 is 4.74 Å². The van der Waals surface area contributed by atoms with E-state index in [0.717, 1.165) is 13.0 Å². The molecule has 2 atom stereocenters. The lowest BCUT2D eigenvalue weighted by Gasteiger charge is -2.18. The highest BCUT2D eigenvalue weighted by Crippen LogP contribution is 2.33. The minimum atomic E-state index is 0.471. The topological polar surface area (TPSA) is 9.23 Å². The van der Waals surface area contributed by atoms with E-state index >= 15 is 0 Å². The molecule has 0 amide bonds. The van der Waals surface area contributed by atoms with Gasteiger partial charge in [0.15, 0.2) is 0 Å². The molecule has 1 aromatic carbocycles. The van der Waals surface area contributed by atoms with E-state index in [1.165, 1.54) is 24.0 Å². The van der Waals surface area contributed by atoms with Crippen LogP contribution in [0.4, 0.5) is 0 Å². The average molecular weight is 299 g/mol. The third kappa shape index (κ3) is 4.81. The maximum Gasteiger partial charge on any atom is 0.0502 e. The molecule has 0 radical (unpaired) electrons. The van der Waals surface area contributed by atoms with Crippen molar-refractivity contribution in [3.05, 3.63) is 35.4 Å². The first-order valence-corrected chi connectivity index (χ1v) is 7.32. The number of halogens is 1. The van der Waals surface area contributed by atoms with Crippen LogP contribution >= 0.6 is 15.9 Å². The Bertz CT molecular complexity index is 307. The molecule has 0 aliphatic rings. The number of alkyl halides is 1. The van der Waals surface area contributed by atoms with Crippen molar-refractivity contribution in [2.24, 2.45) is 5.92 Å². The van der Waals surface area contributed by atoms with Gasteiger partial charge in [0.1, 0.15) is 0 Å². The van der Waals surface area contributed by atoms with Crippen LogP contribution in [0.2, 0.25) is 0 Å². The fourth-order valence-electron chi connectivity index (χ4n) is 2.02. The maximum atomic E-state index is 5.08. The summed E-state index contributed by atoms with van der Waals surface area (Å²) in [4.78, 5) is 0.471. The monoisotopic (exact) mass is 298 g/mol. The number of methoxy groups -OCH3 is 1. The number of hydrogen-bond acceptors (Lipinski definition) is 1. The smallest absolute Gasteiger partial charge is 0.0502 e. The van der Waals surface area contributed by atoms with Gasteiger partial charge in [-0.3, -0.25) is 0 Å². The van der Waals surface area contributed by atoms with Gasteiger partial charge >= 0.3 is 0 Å². The fraction of sp³-hybridized carbons (Fsp3) is 0.600. The van der Waals surface area contributed by atoms with Crippen molar-refractivity contribution in [1.29, 1.82) is 0 Å². The molecule has 0 aromatic heterocycles. The molecule has 0 spiro atoms. The molecule has 0 aliphatic carbocycles. The van der Waals surface area contributed by atoms with Crippen molar-refractivity contribution >= 4 is 15.9 Å². The largest absolute Gasteiger partial charge is 0.384 e. The van der Waals surface area contributed by atoms with E-state index in [0.29, 0.717) is 10.7 Å². The summed E-state index contributed by atoms with van der Waals surface area (Å²) in [6, 6.07) is 8.88. The zero-order valence-electron chi connectivity index (χ0n) is 11.1. The quantitative estimate of drug-likeness (QED) is 0.660. The van der Waals surface area contributed by atoms with Gasteiger partial charge in [-0.05, 0) is 29.9 Å². The van der Waals surface area contributed by atoms with Crippen molar-refractivity contribution in [2.45, 2.75) is 37.9 Å². The third-order valence-corrected chi connectivity index (χ3v) is 4.57. The predicted octanol–water partition coefficient (Wildman–Crippen LogP) is 4.75. The highest BCUT2D eigenvalue weighted by atomic mass is 79.9. The first-order valence-electron chi connectivity index (χ1n) is 6.40. The molecule has 1 nitrogen and oxygen atoms in total. The van der Waals surface area contributed by atoms with Crippen molar-refractivity contribution < 1.29 is 4.74 Å². The molecule has 0 aliphatic heterocycles. The second-order valence-electron chi connectivity index (χ2n) is 4.65. The van der Waals surface area contributed by atoms with E-state index in [4.69, 9.17) is 4.74 Å². The zero-order valence-corrected chi connectivity index (χ0v) is 12.7. The fourth-order valence-corrected chi connectivity index (χ4v) is 2.59. The molecule has 1 rings (SSSR count). The van der Waals surface area contributed by atoms with E-state index in [-0.39, 0.29) is 0 Å². The average Bonchev–Trinajstić information content (AvgIpc) is 2.36. The molecule has 0 saturated heterocycles. The zero-order chi connectivity index (χ0) is 12.7. The van der Waals surface area contributed by atoms with Crippen LogP contribution in [0.3, 0.4) is 0 Å². The second kappa shape index (κ2) is 7.88. The summed E-state index contributed by atoms with van der Waals surface area (Å²) < 4.78 is 5.08. The van der Waals surface area contributed by atoms with Crippen LogP contribution in [0.15, 0.2) is 24.3 Å². The predicted molar refractivity (Wildman–Crippen MR) is 77.8 cm³/mol. The molecule has 17 heavy (non-hydrogen) atoms. The Morgan fingerprint density at radius 1 is 1.24 bits per heavy atom. The van der Waals surface area contributed by atoms with Gasteiger partial charge in [-0.2, -0.15) is 0 Å². The van der Waals surface area contributed by atoms with E-state index in [1.54, 1.807) is 7.11 Å². The summed E-state index contributed by atoms with van der Waals surface area (Å²) in [6.07, 6.45) is 3.50. The molecule has 1 aromatic rings. The third-order valence-electron chi connectivity index (χ3n) is 3.14. The van der Waals surface area contributed by atoms with Gasteiger partial charge in [0.05, 0.1) is 6.61 Å². The summed E-state index contributed by atoms with van der Waals surface area (Å²) in [5, 5.41) is 0. The van der Waals surface area contributed by atoms with Crippen molar-refractivity contribution in [1.82, 2.24) is 0 Å². The van der Waals surface area contributed by atoms with Crippen molar-refractivity contribution in [3.63, 3.8) is 0 Å². The first kappa shape index (κ1) is 14.7. The van der Waals surface area contributed by atoms with Crippen molar-refractivity contribution in [3.8, 4) is 0 Å². The molecule has 0 heterocycles. The lowest BCUT2D eigenvalue weighted by atomic mass is 9.96. The van der Waals surface area contributed by atoms with E-state index in [9.17, 15) is 0 Å². The normalized spacial score (nSPS) is 14.6. The van der Waals surface area contributed by atoms with E-state index < -0.39 is 0 Å². The van der Waals surface area contributed by atoms with Crippen molar-refractivity contribution in [2.75, 3.05) is 13.7 Å². The Balaban J connectivity index is 2.60. The molecule has 2 unspecified atom stereocenters. The summed E-state index contributed by atoms with van der Waals surface area (Å²) in [5.74, 6) is 0.685. The van der Waals surface area contributed by atoms with E-state index in [1.807, 2.05) is 0 Å². The summed E-state index contributed by atoms with van der Waals surface area (Å²) in [5.41, 5.74) is 2.73. The Kier molecular flexibility index (Phi) is 6.83. The van der Waals surface area contributed by atoms with Crippen LogP contribution in [0.5, 0.6) is 0 Å². The summed E-state index contributed by atoms with van der Waals surface area (Å²) in [7, 11) is 1.75. The molecular weight excluding hydrogens is 276 g/mol. The Labute approximate surface area is 114 Å². The first-order chi connectivity index (χ1) is 8.19. The molecule has 0 fully saturated rings. The minimum Gasteiger partial charge on any atom is -0.384 e. The molecule has 0 saturated carbocycles. The molecule has 96 valence electrons. The number of hydrogen-bond donors (Lipinski definition) is 0. The summed E-state index contributed by atoms with van der Waals surface area (Å²) >= 11 is 3.80. The number of ether oxygens (including phenoxy) is 1. The van der Waals surface area contributed by atoms with Gasteiger partial charge in [0, 0.05) is 11.9 Å². The van der Waals surface area contributed by atoms with Gasteiger partial charge in [0.25, 0.3) is 0 Å². The maximum absolute atomic E-state index is 5.08. The highest BCUT2D eigenvalue weighted by Gasteiger charge is 2.14. The van der Waals surface area contributed by atoms with E-state index in [2.05, 4.69) is 54.0 Å². The lowest BCUT2D eigenvalue weighted by Crippen LogP contribution is -2.03. The lowest BCUT2D eigenvalue weighted by molar-refractivity contribution is 0.202. The second-order valence-corrected chi connectivity index (χ2v) is 5.64. The molecule has 0 bridgehead atoms. The Hall–Kier alpha value is -0.340. The standard InChI is InChI=1S/C15H23BrO/c1-4-5-12(2)15(16)14-8-6-13(7-9-14)10-11-17-3/h6-9,12,15H,4-5,10-11H2,1-3H3. The van der Waals surface area contributed by atoms with Gasteiger partial charge in [-0.15, -0.1) is 0 Å².